The van der Waals surface area contributed by atoms with Crippen LogP contribution in [0.2, 0.25) is 0 Å². The lowest BCUT2D eigenvalue weighted by Crippen LogP contribution is -2.43. The molecule has 18 heavy (non-hydrogen) atoms. The molecule has 0 saturated carbocycles. The van der Waals surface area contributed by atoms with Gasteiger partial charge < -0.3 is 14.2 Å². The van der Waals surface area contributed by atoms with Crippen LogP contribution in [0.5, 0.6) is 0 Å². The molecule has 1 atom stereocenters. The average molecular weight is 267 g/mol. The van der Waals surface area contributed by atoms with E-state index in [1.807, 2.05) is 30.2 Å². The molecule has 0 aromatic carbocycles. The molecule has 0 radical (unpaired) electrons. The average Bonchev–Trinajstić information content (AvgIpc) is 2.81. The molecule has 2 aromatic heterocycles. The zero-order valence-corrected chi connectivity index (χ0v) is 11.0. The predicted molar refractivity (Wildman–Crippen MR) is 71.2 cm³/mol. The van der Waals surface area contributed by atoms with E-state index >= 15 is 0 Å². The summed E-state index contributed by atoms with van der Waals surface area (Å²) >= 11 is 5.86. The molecule has 0 N–H and O–H groups in total. The van der Waals surface area contributed by atoms with Gasteiger partial charge in [0, 0.05) is 26.3 Å². The summed E-state index contributed by atoms with van der Waals surface area (Å²) in [6, 6.07) is 1.98. The largest absolute Gasteiger partial charge is 0.373 e. The molecule has 0 amide bonds. The number of rotatable bonds is 2. The van der Waals surface area contributed by atoms with E-state index in [2.05, 4.69) is 14.9 Å². The second kappa shape index (κ2) is 4.74. The van der Waals surface area contributed by atoms with Crippen molar-refractivity contribution in [2.75, 3.05) is 30.5 Å². The summed E-state index contributed by atoms with van der Waals surface area (Å²) in [6.45, 7) is 2.28. The lowest BCUT2D eigenvalue weighted by atomic mass is 10.2. The van der Waals surface area contributed by atoms with Crippen LogP contribution in [0.3, 0.4) is 0 Å². The third-order valence-corrected chi connectivity index (χ3v) is 3.58. The maximum atomic E-state index is 5.86. The summed E-state index contributed by atoms with van der Waals surface area (Å²) < 4.78 is 7.57. The lowest BCUT2D eigenvalue weighted by molar-refractivity contribution is 0.0552. The van der Waals surface area contributed by atoms with E-state index in [-0.39, 0.29) is 6.10 Å². The quantitative estimate of drug-likeness (QED) is 0.771. The normalized spacial score (nSPS) is 20.6. The zero-order chi connectivity index (χ0) is 12.5. The van der Waals surface area contributed by atoms with Crippen LogP contribution in [0.25, 0.3) is 11.0 Å². The standard InChI is InChI=1S/C12H15ClN4O/c1-16-8-15-11-10(16)2-3-14-12(11)17-4-5-18-9(6-13)7-17/h2-3,8-9H,4-7H2,1H3. The molecule has 0 aliphatic carbocycles. The number of ether oxygens (including phenoxy) is 1. The number of anilines is 1. The number of morpholine rings is 1. The Labute approximate surface area is 110 Å². The Morgan fingerprint density at radius 1 is 1.50 bits per heavy atom. The van der Waals surface area contributed by atoms with Crippen molar-refractivity contribution in [1.29, 1.82) is 0 Å². The highest BCUT2D eigenvalue weighted by molar-refractivity contribution is 6.18. The third-order valence-electron chi connectivity index (χ3n) is 3.23. The van der Waals surface area contributed by atoms with Crippen LogP contribution in [0.4, 0.5) is 5.82 Å². The Balaban J connectivity index is 1.98. The number of aromatic nitrogens is 3. The number of fused-ring (bicyclic) bond motifs is 1. The van der Waals surface area contributed by atoms with Crippen LogP contribution >= 0.6 is 11.6 Å². The smallest absolute Gasteiger partial charge is 0.156 e. The number of aryl methyl sites for hydroxylation is 1. The molecule has 1 aliphatic heterocycles. The summed E-state index contributed by atoms with van der Waals surface area (Å²) in [5.74, 6) is 1.43. The summed E-state index contributed by atoms with van der Waals surface area (Å²) in [5.41, 5.74) is 2.03. The van der Waals surface area contributed by atoms with E-state index in [0.717, 1.165) is 29.9 Å². The summed E-state index contributed by atoms with van der Waals surface area (Å²) in [5, 5.41) is 0. The molecule has 0 spiro atoms. The Hall–Kier alpha value is -1.33. The van der Waals surface area contributed by atoms with Crippen molar-refractivity contribution in [3.05, 3.63) is 18.6 Å². The van der Waals surface area contributed by atoms with E-state index in [9.17, 15) is 0 Å². The highest BCUT2D eigenvalue weighted by Crippen LogP contribution is 2.24. The van der Waals surface area contributed by atoms with Gasteiger partial charge in [-0.1, -0.05) is 0 Å². The summed E-state index contributed by atoms with van der Waals surface area (Å²) in [4.78, 5) is 11.1. The molecule has 0 bridgehead atoms. The molecule has 96 valence electrons. The van der Waals surface area contributed by atoms with Crippen LogP contribution in [-0.2, 0) is 11.8 Å². The third kappa shape index (κ3) is 1.93. The van der Waals surface area contributed by atoms with Crippen molar-refractivity contribution in [2.45, 2.75) is 6.10 Å². The van der Waals surface area contributed by atoms with E-state index in [4.69, 9.17) is 16.3 Å². The fourth-order valence-corrected chi connectivity index (χ4v) is 2.47. The maximum Gasteiger partial charge on any atom is 0.156 e. The molecule has 1 fully saturated rings. The van der Waals surface area contributed by atoms with Crippen molar-refractivity contribution < 1.29 is 4.74 Å². The molecule has 1 unspecified atom stereocenters. The second-order valence-corrected chi connectivity index (χ2v) is 4.76. The molecule has 6 heteroatoms. The highest BCUT2D eigenvalue weighted by atomic mass is 35.5. The van der Waals surface area contributed by atoms with Crippen LogP contribution in [0.15, 0.2) is 18.6 Å². The van der Waals surface area contributed by atoms with Crippen molar-refractivity contribution in [3.63, 3.8) is 0 Å². The number of imidazole rings is 1. The van der Waals surface area contributed by atoms with Crippen LogP contribution < -0.4 is 4.90 Å². The number of pyridine rings is 1. The Morgan fingerprint density at radius 3 is 3.22 bits per heavy atom. The van der Waals surface area contributed by atoms with Gasteiger partial charge in [-0.15, -0.1) is 11.6 Å². The minimum absolute atomic E-state index is 0.0705. The predicted octanol–water partition coefficient (Wildman–Crippen LogP) is 1.41. The van der Waals surface area contributed by atoms with Gasteiger partial charge in [0.25, 0.3) is 0 Å². The number of hydrogen-bond acceptors (Lipinski definition) is 4. The molecular weight excluding hydrogens is 252 g/mol. The second-order valence-electron chi connectivity index (χ2n) is 4.45. The Kier molecular flexibility index (Phi) is 3.09. The molecule has 3 heterocycles. The molecule has 2 aromatic rings. The van der Waals surface area contributed by atoms with Crippen molar-refractivity contribution >= 4 is 28.5 Å². The van der Waals surface area contributed by atoms with Crippen molar-refractivity contribution in [2.24, 2.45) is 7.05 Å². The van der Waals surface area contributed by atoms with Gasteiger partial charge in [-0.3, -0.25) is 0 Å². The van der Waals surface area contributed by atoms with Gasteiger partial charge in [0.2, 0.25) is 0 Å². The molecule has 1 aliphatic rings. The Morgan fingerprint density at radius 2 is 2.39 bits per heavy atom. The zero-order valence-electron chi connectivity index (χ0n) is 10.2. The van der Waals surface area contributed by atoms with E-state index in [1.54, 1.807) is 0 Å². The first-order valence-electron chi connectivity index (χ1n) is 5.98. The molecule has 5 nitrogen and oxygen atoms in total. The minimum Gasteiger partial charge on any atom is -0.373 e. The molecule has 3 rings (SSSR count). The topological polar surface area (TPSA) is 43.2 Å². The summed E-state index contributed by atoms with van der Waals surface area (Å²) in [6.07, 6.45) is 3.71. The monoisotopic (exact) mass is 266 g/mol. The van der Waals surface area contributed by atoms with Gasteiger partial charge in [-0.05, 0) is 6.07 Å². The lowest BCUT2D eigenvalue weighted by Gasteiger charge is -2.32. The minimum atomic E-state index is 0.0705. The first-order chi connectivity index (χ1) is 8.79. The Bertz CT molecular complexity index is 556. The van der Waals surface area contributed by atoms with E-state index < -0.39 is 0 Å². The van der Waals surface area contributed by atoms with Gasteiger partial charge in [-0.2, -0.15) is 0 Å². The van der Waals surface area contributed by atoms with Gasteiger partial charge in [0.1, 0.15) is 5.52 Å². The molecular formula is C12H15ClN4O. The van der Waals surface area contributed by atoms with Gasteiger partial charge >= 0.3 is 0 Å². The van der Waals surface area contributed by atoms with Crippen molar-refractivity contribution in [1.82, 2.24) is 14.5 Å². The van der Waals surface area contributed by atoms with Crippen LogP contribution in [0.1, 0.15) is 0 Å². The highest BCUT2D eigenvalue weighted by Gasteiger charge is 2.22. The fraction of sp³-hybridized carbons (Fsp3) is 0.500. The van der Waals surface area contributed by atoms with Gasteiger partial charge in [0.05, 0.1) is 30.4 Å². The summed E-state index contributed by atoms with van der Waals surface area (Å²) in [7, 11) is 1.99. The number of halogens is 1. The number of alkyl halides is 1. The number of nitrogens with zero attached hydrogens (tertiary/aromatic N) is 4. The van der Waals surface area contributed by atoms with Crippen LogP contribution in [-0.4, -0.2) is 46.2 Å². The van der Waals surface area contributed by atoms with Crippen LogP contribution in [0, 0.1) is 0 Å². The van der Waals surface area contributed by atoms with Crippen molar-refractivity contribution in [3.8, 4) is 0 Å². The van der Waals surface area contributed by atoms with E-state index in [1.165, 1.54) is 0 Å². The first kappa shape index (κ1) is 11.7. The SMILES string of the molecule is Cn1cnc2c(N3CCOC(CCl)C3)nccc21. The fourth-order valence-electron chi connectivity index (χ4n) is 2.28. The van der Waals surface area contributed by atoms with E-state index in [0.29, 0.717) is 12.5 Å². The van der Waals surface area contributed by atoms with Gasteiger partial charge in [0.15, 0.2) is 5.82 Å². The molecule has 1 saturated heterocycles. The van der Waals surface area contributed by atoms with Gasteiger partial charge in [-0.25, -0.2) is 9.97 Å². The maximum absolute atomic E-state index is 5.86. The first-order valence-corrected chi connectivity index (χ1v) is 6.51. The number of hydrogen-bond donors (Lipinski definition) is 0.